The third-order valence-corrected chi connectivity index (χ3v) is 11.1. The lowest BCUT2D eigenvalue weighted by Gasteiger charge is -2.33. The van der Waals surface area contributed by atoms with Gasteiger partial charge in [0.05, 0.1) is 0 Å². The SMILES string of the molecule is CCCCC1(CCCC)c2cc(-c3ccc(-c4ccc(C)cc4C)cc3)ccc2-c2ccc(-c3ccc(-c4ccc(C)cc4C)cc3)cc21. The second kappa shape index (κ2) is 13.7. The van der Waals surface area contributed by atoms with E-state index in [4.69, 9.17) is 0 Å². The molecule has 1 aliphatic carbocycles. The second-order valence-electron chi connectivity index (χ2n) is 14.6. The first-order chi connectivity index (χ1) is 23.8. The van der Waals surface area contributed by atoms with Crippen molar-refractivity contribution in [3.05, 3.63) is 155 Å². The first-order valence-electron chi connectivity index (χ1n) is 18.5. The molecule has 0 heteroatoms. The molecule has 6 aromatic carbocycles. The Morgan fingerprint density at radius 2 is 0.714 bits per heavy atom. The van der Waals surface area contributed by atoms with Crippen LogP contribution in [-0.2, 0) is 5.41 Å². The molecule has 0 unspecified atom stereocenters. The van der Waals surface area contributed by atoms with Gasteiger partial charge in [0.25, 0.3) is 0 Å². The summed E-state index contributed by atoms with van der Waals surface area (Å²) in [4.78, 5) is 0. The number of benzene rings is 6. The van der Waals surface area contributed by atoms with Gasteiger partial charge in [-0.25, -0.2) is 0 Å². The Morgan fingerprint density at radius 3 is 1.08 bits per heavy atom. The van der Waals surface area contributed by atoms with Gasteiger partial charge in [0, 0.05) is 5.41 Å². The van der Waals surface area contributed by atoms with Crippen molar-refractivity contribution in [3.63, 3.8) is 0 Å². The van der Waals surface area contributed by atoms with E-state index in [-0.39, 0.29) is 5.41 Å². The highest BCUT2D eigenvalue weighted by molar-refractivity contribution is 5.87. The molecule has 0 N–H and O–H groups in total. The lowest BCUT2D eigenvalue weighted by atomic mass is 9.70. The fraction of sp³-hybridized carbons (Fsp3) is 0.265. The summed E-state index contributed by atoms with van der Waals surface area (Å²) in [5.41, 5.74) is 21.6. The van der Waals surface area contributed by atoms with Crippen LogP contribution in [-0.4, -0.2) is 0 Å². The zero-order chi connectivity index (χ0) is 34.1. The van der Waals surface area contributed by atoms with Gasteiger partial charge in [-0.05, 0) is 131 Å². The van der Waals surface area contributed by atoms with Crippen LogP contribution < -0.4 is 0 Å². The Morgan fingerprint density at radius 1 is 0.367 bits per heavy atom. The van der Waals surface area contributed by atoms with Crippen molar-refractivity contribution in [1.82, 2.24) is 0 Å². The molecule has 0 saturated heterocycles. The monoisotopic (exact) mass is 638 g/mol. The van der Waals surface area contributed by atoms with Crippen molar-refractivity contribution >= 4 is 0 Å². The van der Waals surface area contributed by atoms with Crippen LogP contribution in [0.25, 0.3) is 55.6 Å². The van der Waals surface area contributed by atoms with E-state index in [2.05, 4.69) is 163 Å². The topological polar surface area (TPSA) is 0 Å². The number of rotatable bonds is 10. The smallest absolute Gasteiger partial charge is 0.0215 e. The Hall–Kier alpha value is -4.68. The Bertz CT molecular complexity index is 1950. The third-order valence-electron chi connectivity index (χ3n) is 11.1. The number of hydrogen-bond acceptors (Lipinski definition) is 0. The van der Waals surface area contributed by atoms with Gasteiger partial charge in [0.1, 0.15) is 0 Å². The van der Waals surface area contributed by atoms with Crippen LogP contribution >= 0.6 is 0 Å². The van der Waals surface area contributed by atoms with E-state index in [1.54, 1.807) is 0 Å². The molecule has 0 bridgehead atoms. The largest absolute Gasteiger partial charge is 0.0654 e. The summed E-state index contributed by atoms with van der Waals surface area (Å²) in [5.74, 6) is 0. The van der Waals surface area contributed by atoms with Gasteiger partial charge in [-0.1, -0.05) is 160 Å². The quantitative estimate of drug-likeness (QED) is 0.140. The van der Waals surface area contributed by atoms with Gasteiger partial charge in [-0.15, -0.1) is 0 Å². The van der Waals surface area contributed by atoms with Gasteiger partial charge in [-0.3, -0.25) is 0 Å². The summed E-state index contributed by atoms with van der Waals surface area (Å²) in [6.07, 6.45) is 7.25. The van der Waals surface area contributed by atoms with Crippen molar-refractivity contribution in [3.8, 4) is 55.6 Å². The number of unbranched alkanes of at least 4 members (excludes halogenated alkanes) is 2. The molecule has 7 rings (SSSR count). The fourth-order valence-electron chi connectivity index (χ4n) is 8.43. The highest BCUT2D eigenvalue weighted by atomic mass is 14.4. The standard InChI is InChI=1S/C49H50/c1-7-9-27-49(28-10-8-2)47-31-41(37-13-17-39(18-14-37)43-23-11-33(3)29-35(43)5)21-25-45(47)46-26-22-42(32-48(46)49)38-15-19-40(20-16-38)44-24-12-34(4)30-36(44)6/h11-26,29-32H,7-10,27-28H2,1-6H3. The summed E-state index contributed by atoms with van der Waals surface area (Å²) in [6.45, 7) is 13.4. The molecule has 0 saturated carbocycles. The molecule has 0 atom stereocenters. The lowest BCUT2D eigenvalue weighted by Crippen LogP contribution is -2.25. The van der Waals surface area contributed by atoms with Crippen molar-refractivity contribution in [2.75, 3.05) is 0 Å². The summed E-state index contributed by atoms with van der Waals surface area (Å²) in [5, 5.41) is 0. The van der Waals surface area contributed by atoms with E-state index in [1.807, 2.05) is 0 Å². The molecular formula is C49H50. The Balaban J connectivity index is 1.28. The predicted octanol–water partition coefficient (Wildman–Crippen LogP) is 14.2. The highest BCUT2D eigenvalue weighted by Gasteiger charge is 2.42. The molecule has 1 aliphatic rings. The molecule has 0 heterocycles. The number of aryl methyl sites for hydroxylation is 4. The summed E-state index contributed by atoms with van der Waals surface area (Å²) in [7, 11) is 0. The number of fused-ring (bicyclic) bond motifs is 3. The normalized spacial score (nSPS) is 12.9. The Labute approximate surface area is 294 Å². The van der Waals surface area contributed by atoms with Crippen molar-refractivity contribution in [2.45, 2.75) is 85.5 Å². The first kappa shape index (κ1) is 32.8. The van der Waals surface area contributed by atoms with Gasteiger partial charge < -0.3 is 0 Å². The highest BCUT2D eigenvalue weighted by Crippen LogP contribution is 2.55. The summed E-state index contributed by atoms with van der Waals surface area (Å²) >= 11 is 0. The minimum atomic E-state index is 0.0284. The molecule has 0 aliphatic heterocycles. The molecular weight excluding hydrogens is 589 g/mol. The van der Waals surface area contributed by atoms with Crippen LogP contribution in [0, 0.1) is 27.7 Å². The maximum atomic E-state index is 2.55. The first-order valence-corrected chi connectivity index (χ1v) is 18.5. The van der Waals surface area contributed by atoms with Crippen LogP contribution in [0.4, 0.5) is 0 Å². The summed E-state index contributed by atoms with van der Waals surface area (Å²) in [6, 6.07) is 46.6. The van der Waals surface area contributed by atoms with Crippen LogP contribution in [0.15, 0.2) is 121 Å². The van der Waals surface area contributed by atoms with Crippen molar-refractivity contribution < 1.29 is 0 Å². The minimum absolute atomic E-state index is 0.0284. The lowest BCUT2D eigenvalue weighted by molar-refractivity contribution is 0.414. The van der Waals surface area contributed by atoms with E-state index in [1.165, 1.54) is 128 Å². The molecule has 0 amide bonds. The fourth-order valence-corrected chi connectivity index (χ4v) is 8.43. The maximum Gasteiger partial charge on any atom is 0.0215 e. The zero-order valence-electron chi connectivity index (χ0n) is 30.3. The van der Waals surface area contributed by atoms with Crippen molar-refractivity contribution in [1.29, 1.82) is 0 Å². The van der Waals surface area contributed by atoms with E-state index in [0.29, 0.717) is 0 Å². The molecule has 49 heavy (non-hydrogen) atoms. The van der Waals surface area contributed by atoms with Crippen molar-refractivity contribution in [2.24, 2.45) is 0 Å². The second-order valence-corrected chi connectivity index (χ2v) is 14.6. The minimum Gasteiger partial charge on any atom is -0.0654 e. The average molecular weight is 639 g/mol. The van der Waals surface area contributed by atoms with Crippen LogP contribution in [0.5, 0.6) is 0 Å². The van der Waals surface area contributed by atoms with E-state index < -0.39 is 0 Å². The van der Waals surface area contributed by atoms with E-state index >= 15 is 0 Å². The predicted molar refractivity (Wildman–Crippen MR) is 212 cm³/mol. The number of hydrogen-bond donors (Lipinski definition) is 0. The molecule has 0 radical (unpaired) electrons. The Kier molecular flexibility index (Phi) is 9.17. The molecule has 246 valence electrons. The maximum absolute atomic E-state index is 2.55. The molecule has 0 aromatic heterocycles. The molecule has 0 nitrogen and oxygen atoms in total. The zero-order valence-corrected chi connectivity index (χ0v) is 30.3. The van der Waals surface area contributed by atoms with Gasteiger partial charge in [-0.2, -0.15) is 0 Å². The van der Waals surface area contributed by atoms with E-state index in [0.717, 1.165) is 0 Å². The summed E-state index contributed by atoms with van der Waals surface area (Å²) < 4.78 is 0. The van der Waals surface area contributed by atoms with Crippen LogP contribution in [0.1, 0.15) is 85.8 Å². The van der Waals surface area contributed by atoms with Gasteiger partial charge in [0.2, 0.25) is 0 Å². The van der Waals surface area contributed by atoms with Crippen LogP contribution in [0.3, 0.4) is 0 Å². The van der Waals surface area contributed by atoms with Gasteiger partial charge in [0.15, 0.2) is 0 Å². The third kappa shape index (κ3) is 6.19. The molecule has 0 fully saturated rings. The molecule has 6 aromatic rings. The van der Waals surface area contributed by atoms with Crippen LogP contribution in [0.2, 0.25) is 0 Å². The molecule has 0 spiro atoms. The van der Waals surface area contributed by atoms with Gasteiger partial charge >= 0.3 is 0 Å². The average Bonchev–Trinajstić information content (AvgIpc) is 3.38. The van der Waals surface area contributed by atoms with E-state index in [9.17, 15) is 0 Å².